The van der Waals surface area contributed by atoms with Gasteiger partial charge in [-0.05, 0) is 26.2 Å². The summed E-state index contributed by atoms with van der Waals surface area (Å²) in [7, 11) is 0. The zero-order valence-corrected chi connectivity index (χ0v) is 10.5. The van der Waals surface area contributed by atoms with E-state index in [1.807, 2.05) is 13.8 Å². The number of rotatable bonds is 5. The number of hydrogen-bond donors (Lipinski definition) is 1. The van der Waals surface area contributed by atoms with Gasteiger partial charge in [0, 0.05) is 11.0 Å². The van der Waals surface area contributed by atoms with Crippen molar-refractivity contribution >= 4 is 5.91 Å². The summed E-state index contributed by atoms with van der Waals surface area (Å²) in [6.45, 7) is 12.4. The van der Waals surface area contributed by atoms with Gasteiger partial charge in [-0.2, -0.15) is 0 Å². The molecule has 0 atom stereocenters. The molecule has 0 spiro atoms. The molecule has 84 valence electrons. The number of hydrogen-bond acceptors (Lipinski definition) is 1. The van der Waals surface area contributed by atoms with Crippen LogP contribution in [0.5, 0.6) is 0 Å². The molecule has 0 aliphatic rings. The molecule has 0 aliphatic carbocycles. The fraction of sp³-hybridized carbons (Fsp3) is 0.917. The lowest BCUT2D eigenvalue weighted by Crippen LogP contribution is -2.49. The Morgan fingerprint density at radius 1 is 1.00 bits per heavy atom. The van der Waals surface area contributed by atoms with Gasteiger partial charge in [0.1, 0.15) is 0 Å². The third-order valence-corrected chi connectivity index (χ3v) is 3.47. The average Bonchev–Trinajstić information content (AvgIpc) is 2.17. The van der Waals surface area contributed by atoms with Crippen molar-refractivity contribution in [2.45, 2.75) is 66.3 Å². The third kappa shape index (κ3) is 3.32. The highest BCUT2D eigenvalue weighted by Crippen LogP contribution is 2.23. The maximum Gasteiger partial charge on any atom is 0.226 e. The molecule has 2 nitrogen and oxygen atoms in total. The van der Waals surface area contributed by atoms with Gasteiger partial charge >= 0.3 is 0 Å². The van der Waals surface area contributed by atoms with Crippen LogP contribution in [0, 0.1) is 5.41 Å². The smallest absolute Gasteiger partial charge is 0.226 e. The van der Waals surface area contributed by atoms with Crippen LogP contribution in [-0.2, 0) is 4.79 Å². The molecule has 1 amide bonds. The SMILES string of the molecule is CCC(C)(CC)NC(=O)C(C)(C)CC. The second kappa shape index (κ2) is 4.81. The number of nitrogens with one attached hydrogen (secondary N) is 1. The molecule has 0 bridgehead atoms. The van der Waals surface area contributed by atoms with Crippen molar-refractivity contribution < 1.29 is 4.79 Å². The summed E-state index contributed by atoms with van der Waals surface area (Å²) in [5.41, 5.74) is -0.283. The van der Waals surface area contributed by atoms with Crippen molar-refractivity contribution in [2.75, 3.05) is 0 Å². The van der Waals surface area contributed by atoms with Gasteiger partial charge in [0.2, 0.25) is 5.91 Å². The average molecular weight is 199 g/mol. The fourth-order valence-electron chi connectivity index (χ4n) is 1.03. The standard InChI is InChI=1S/C12H25NO/c1-7-11(4,5)10(14)13-12(6,8-2)9-3/h7-9H2,1-6H3,(H,13,14). The summed E-state index contributed by atoms with van der Waals surface area (Å²) in [6, 6.07) is 0. The molecule has 0 aromatic rings. The lowest BCUT2D eigenvalue weighted by atomic mass is 9.86. The summed E-state index contributed by atoms with van der Waals surface area (Å²) in [5.74, 6) is 0.172. The van der Waals surface area contributed by atoms with Gasteiger partial charge in [0.15, 0.2) is 0 Å². The van der Waals surface area contributed by atoms with E-state index in [-0.39, 0.29) is 16.9 Å². The van der Waals surface area contributed by atoms with Crippen molar-refractivity contribution in [3.63, 3.8) is 0 Å². The Labute approximate surface area is 88.5 Å². The molecular weight excluding hydrogens is 174 g/mol. The number of carbonyl (C=O) groups is 1. The molecule has 0 aliphatic heterocycles. The highest BCUT2D eigenvalue weighted by atomic mass is 16.2. The largest absolute Gasteiger partial charge is 0.351 e. The van der Waals surface area contributed by atoms with E-state index < -0.39 is 0 Å². The van der Waals surface area contributed by atoms with E-state index >= 15 is 0 Å². The molecule has 0 fully saturated rings. The fourth-order valence-corrected chi connectivity index (χ4v) is 1.03. The van der Waals surface area contributed by atoms with Crippen LogP contribution < -0.4 is 5.32 Å². The van der Waals surface area contributed by atoms with Gasteiger partial charge in [-0.1, -0.05) is 34.6 Å². The zero-order valence-electron chi connectivity index (χ0n) is 10.5. The Morgan fingerprint density at radius 3 is 1.71 bits per heavy atom. The molecule has 0 aromatic heterocycles. The quantitative estimate of drug-likeness (QED) is 0.724. The highest BCUT2D eigenvalue weighted by Gasteiger charge is 2.30. The van der Waals surface area contributed by atoms with E-state index in [1.54, 1.807) is 0 Å². The molecule has 0 unspecified atom stereocenters. The lowest BCUT2D eigenvalue weighted by Gasteiger charge is -2.33. The summed E-state index contributed by atoms with van der Waals surface area (Å²) in [5, 5.41) is 3.14. The first-order valence-corrected chi connectivity index (χ1v) is 5.64. The monoisotopic (exact) mass is 199 g/mol. The van der Waals surface area contributed by atoms with Crippen LogP contribution in [0.3, 0.4) is 0 Å². The van der Waals surface area contributed by atoms with Gasteiger partial charge in [0.05, 0.1) is 0 Å². The summed E-state index contributed by atoms with van der Waals surface area (Å²) >= 11 is 0. The van der Waals surface area contributed by atoms with Gasteiger partial charge in [-0.25, -0.2) is 0 Å². The zero-order chi connectivity index (χ0) is 11.4. The van der Waals surface area contributed by atoms with E-state index in [0.29, 0.717) is 0 Å². The van der Waals surface area contributed by atoms with Gasteiger partial charge in [-0.3, -0.25) is 4.79 Å². The van der Waals surface area contributed by atoms with Crippen LogP contribution >= 0.6 is 0 Å². The maximum atomic E-state index is 11.9. The van der Waals surface area contributed by atoms with Crippen molar-refractivity contribution in [3.8, 4) is 0 Å². The molecule has 0 saturated heterocycles. The summed E-state index contributed by atoms with van der Waals surface area (Å²) in [4.78, 5) is 11.9. The Kier molecular flexibility index (Phi) is 4.63. The number of carbonyl (C=O) groups excluding carboxylic acids is 1. The van der Waals surface area contributed by atoms with Crippen molar-refractivity contribution in [2.24, 2.45) is 5.41 Å². The lowest BCUT2D eigenvalue weighted by molar-refractivity contribution is -0.131. The van der Waals surface area contributed by atoms with E-state index in [0.717, 1.165) is 19.3 Å². The predicted molar refractivity (Wildman–Crippen MR) is 61.2 cm³/mol. The molecule has 0 rings (SSSR count). The van der Waals surface area contributed by atoms with Crippen LogP contribution in [-0.4, -0.2) is 11.4 Å². The highest BCUT2D eigenvalue weighted by molar-refractivity contribution is 5.82. The van der Waals surface area contributed by atoms with Crippen LogP contribution in [0.2, 0.25) is 0 Å². The Hall–Kier alpha value is -0.530. The molecule has 0 radical (unpaired) electrons. The first-order chi connectivity index (χ1) is 6.31. The van der Waals surface area contributed by atoms with Gasteiger partial charge in [-0.15, -0.1) is 0 Å². The Balaban J connectivity index is 4.45. The normalized spacial score (nSPS) is 12.7. The summed E-state index contributed by atoms with van der Waals surface area (Å²) in [6.07, 6.45) is 2.84. The first kappa shape index (κ1) is 13.5. The van der Waals surface area contributed by atoms with Crippen molar-refractivity contribution in [1.29, 1.82) is 0 Å². The maximum absolute atomic E-state index is 11.9. The summed E-state index contributed by atoms with van der Waals surface area (Å²) < 4.78 is 0. The van der Waals surface area contributed by atoms with Crippen molar-refractivity contribution in [3.05, 3.63) is 0 Å². The minimum Gasteiger partial charge on any atom is -0.351 e. The van der Waals surface area contributed by atoms with Crippen LogP contribution in [0.25, 0.3) is 0 Å². The molecule has 1 N–H and O–H groups in total. The molecule has 2 heteroatoms. The minimum atomic E-state index is -0.244. The van der Waals surface area contributed by atoms with Crippen LogP contribution in [0.1, 0.15) is 60.8 Å². The predicted octanol–water partition coefficient (Wildman–Crippen LogP) is 3.12. The van der Waals surface area contributed by atoms with E-state index in [1.165, 1.54) is 0 Å². The minimum absolute atomic E-state index is 0.0382. The van der Waals surface area contributed by atoms with Crippen LogP contribution in [0.4, 0.5) is 0 Å². The topological polar surface area (TPSA) is 29.1 Å². The second-order valence-electron chi connectivity index (χ2n) is 4.96. The van der Waals surface area contributed by atoms with E-state index in [2.05, 4.69) is 33.0 Å². The van der Waals surface area contributed by atoms with E-state index in [4.69, 9.17) is 0 Å². The third-order valence-electron chi connectivity index (χ3n) is 3.47. The molecule has 0 heterocycles. The number of amides is 1. The first-order valence-electron chi connectivity index (χ1n) is 5.64. The van der Waals surface area contributed by atoms with Gasteiger partial charge < -0.3 is 5.32 Å². The Bertz CT molecular complexity index is 192. The van der Waals surface area contributed by atoms with Gasteiger partial charge in [0.25, 0.3) is 0 Å². The molecule has 0 saturated carbocycles. The second-order valence-corrected chi connectivity index (χ2v) is 4.96. The van der Waals surface area contributed by atoms with E-state index in [9.17, 15) is 4.79 Å². The van der Waals surface area contributed by atoms with Crippen LogP contribution in [0.15, 0.2) is 0 Å². The molecule has 0 aromatic carbocycles. The Morgan fingerprint density at radius 2 is 1.43 bits per heavy atom. The molecular formula is C12H25NO. The molecule has 14 heavy (non-hydrogen) atoms. The van der Waals surface area contributed by atoms with Crippen molar-refractivity contribution in [1.82, 2.24) is 5.32 Å².